The molecule has 1 aliphatic rings. The van der Waals surface area contributed by atoms with Gasteiger partial charge in [0.25, 0.3) is 0 Å². The van der Waals surface area contributed by atoms with Crippen molar-refractivity contribution in [2.45, 2.75) is 45.1 Å². The quantitative estimate of drug-likeness (QED) is 0.407. The normalized spacial score (nSPS) is 25.9. The van der Waals surface area contributed by atoms with E-state index in [1.807, 2.05) is 0 Å². The maximum Gasteiger partial charge on any atom is 0.306 e. The highest BCUT2D eigenvalue weighted by Crippen LogP contribution is 2.28. The standard InChI is InChI=1S/C10H17NO4/c1-2-15-10(12)7-8-3-5-9(6-4-8)11(13)14/h8-9H,2-7H2,1H3. The predicted octanol–water partition coefficient (Wildman–Crippen LogP) is 1.78. The summed E-state index contributed by atoms with van der Waals surface area (Å²) in [5.41, 5.74) is 0. The highest BCUT2D eigenvalue weighted by Gasteiger charge is 2.29. The van der Waals surface area contributed by atoms with Gasteiger partial charge in [-0.2, -0.15) is 0 Å². The molecule has 0 N–H and O–H groups in total. The first-order chi connectivity index (χ1) is 7.13. The number of hydrogen-bond acceptors (Lipinski definition) is 4. The lowest BCUT2D eigenvalue weighted by atomic mass is 9.84. The zero-order valence-electron chi connectivity index (χ0n) is 8.98. The minimum atomic E-state index is -0.400. The van der Waals surface area contributed by atoms with Crippen molar-refractivity contribution in [2.75, 3.05) is 6.61 Å². The number of nitro groups is 1. The van der Waals surface area contributed by atoms with Crippen LogP contribution in [0, 0.1) is 16.0 Å². The molecule has 0 saturated heterocycles. The number of carbonyl (C=O) groups is 1. The van der Waals surface area contributed by atoms with Crippen LogP contribution in [0.5, 0.6) is 0 Å². The number of carbonyl (C=O) groups excluding carboxylic acids is 1. The summed E-state index contributed by atoms with van der Waals surface area (Å²) in [5, 5.41) is 10.5. The number of rotatable bonds is 4. The Balaban J connectivity index is 2.25. The Kier molecular flexibility index (Phi) is 4.52. The van der Waals surface area contributed by atoms with Gasteiger partial charge in [0.15, 0.2) is 0 Å². The fourth-order valence-electron chi connectivity index (χ4n) is 2.02. The van der Waals surface area contributed by atoms with E-state index in [4.69, 9.17) is 4.74 Å². The van der Waals surface area contributed by atoms with Crippen molar-refractivity contribution in [1.82, 2.24) is 0 Å². The van der Waals surface area contributed by atoms with Crippen molar-refractivity contribution in [2.24, 2.45) is 5.92 Å². The Morgan fingerprint density at radius 3 is 2.47 bits per heavy atom. The van der Waals surface area contributed by atoms with Crippen LogP contribution < -0.4 is 0 Å². The van der Waals surface area contributed by atoms with Crippen LogP contribution in [-0.2, 0) is 9.53 Å². The number of nitrogens with zero attached hydrogens (tertiary/aromatic N) is 1. The molecule has 0 bridgehead atoms. The maximum absolute atomic E-state index is 11.2. The van der Waals surface area contributed by atoms with Gasteiger partial charge in [0.05, 0.1) is 6.61 Å². The minimum absolute atomic E-state index is 0.179. The Hall–Kier alpha value is -1.13. The third-order valence-electron chi connectivity index (χ3n) is 2.88. The lowest BCUT2D eigenvalue weighted by molar-refractivity contribution is -0.527. The molecule has 15 heavy (non-hydrogen) atoms. The van der Waals surface area contributed by atoms with Gasteiger partial charge in [-0.15, -0.1) is 0 Å². The number of ether oxygens (including phenoxy) is 1. The molecule has 1 saturated carbocycles. The monoisotopic (exact) mass is 215 g/mol. The summed E-state index contributed by atoms with van der Waals surface area (Å²) in [5.74, 6) is 0.0994. The number of hydrogen-bond donors (Lipinski definition) is 0. The van der Waals surface area contributed by atoms with E-state index in [2.05, 4.69) is 0 Å². The highest BCUT2D eigenvalue weighted by atomic mass is 16.6. The molecule has 0 aromatic rings. The number of esters is 1. The largest absolute Gasteiger partial charge is 0.466 e. The van der Waals surface area contributed by atoms with E-state index in [0.717, 1.165) is 12.8 Å². The summed E-state index contributed by atoms with van der Waals surface area (Å²) in [6, 6.07) is -0.400. The fourth-order valence-corrected chi connectivity index (χ4v) is 2.02. The second-order valence-electron chi connectivity index (χ2n) is 3.97. The van der Waals surface area contributed by atoms with Gasteiger partial charge >= 0.3 is 5.97 Å². The Labute approximate surface area is 88.9 Å². The smallest absolute Gasteiger partial charge is 0.306 e. The van der Waals surface area contributed by atoms with Gasteiger partial charge in [-0.25, -0.2) is 0 Å². The summed E-state index contributed by atoms with van der Waals surface area (Å²) in [6.07, 6.45) is 3.14. The second kappa shape index (κ2) is 5.68. The van der Waals surface area contributed by atoms with Gasteiger partial charge in [-0.3, -0.25) is 14.9 Å². The summed E-state index contributed by atoms with van der Waals surface area (Å²) >= 11 is 0. The van der Waals surface area contributed by atoms with Crippen LogP contribution >= 0.6 is 0 Å². The molecular weight excluding hydrogens is 198 g/mol. The van der Waals surface area contributed by atoms with Crippen LogP contribution in [0.2, 0.25) is 0 Å². The maximum atomic E-state index is 11.2. The van der Waals surface area contributed by atoms with Gasteiger partial charge in [-0.05, 0) is 25.7 Å². The Morgan fingerprint density at radius 1 is 1.40 bits per heavy atom. The average Bonchev–Trinajstić information content (AvgIpc) is 2.18. The van der Waals surface area contributed by atoms with E-state index in [1.165, 1.54) is 0 Å². The van der Waals surface area contributed by atoms with Crippen molar-refractivity contribution in [1.29, 1.82) is 0 Å². The average molecular weight is 215 g/mol. The van der Waals surface area contributed by atoms with Crippen LogP contribution in [0.1, 0.15) is 39.0 Å². The molecular formula is C10H17NO4. The van der Waals surface area contributed by atoms with Crippen LogP contribution in [0.25, 0.3) is 0 Å². The molecule has 0 heterocycles. The van der Waals surface area contributed by atoms with Gasteiger partial charge in [0.2, 0.25) is 6.04 Å². The first-order valence-electron chi connectivity index (χ1n) is 5.42. The second-order valence-corrected chi connectivity index (χ2v) is 3.97. The van der Waals surface area contributed by atoms with E-state index < -0.39 is 6.04 Å². The minimum Gasteiger partial charge on any atom is -0.466 e. The SMILES string of the molecule is CCOC(=O)CC1CCC([N+](=O)[O-])CC1. The zero-order valence-corrected chi connectivity index (χ0v) is 8.98. The molecule has 0 aliphatic heterocycles. The summed E-state index contributed by atoms with van der Waals surface area (Å²) < 4.78 is 4.85. The molecule has 0 atom stereocenters. The van der Waals surface area contributed by atoms with E-state index in [9.17, 15) is 14.9 Å². The van der Waals surface area contributed by atoms with Crippen LogP contribution in [0.4, 0.5) is 0 Å². The van der Waals surface area contributed by atoms with Crippen molar-refractivity contribution in [3.63, 3.8) is 0 Å². The zero-order chi connectivity index (χ0) is 11.3. The summed E-state index contributed by atoms with van der Waals surface area (Å²) in [6.45, 7) is 2.19. The molecule has 5 nitrogen and oxygen atoms in total. The van der Waals surface area contributed by atoms with E-state index in [1.54, 1.807) is 6.92 Å². The molecule has 0 spiro atoms. The van der Waals surface area contributed by atoms with Gasteiger partial charge in [-0.1, -0.05) is 0 Å². The molecule has 0 unspecified atom stereocenters. The van der Waals surface area contributed by atoms with E-state index in [-0.39, 0.29) is 16.8 Å². The van der Waals surface area contributed by atoms with E-state index >= 15 is 0 Å². The fraction of sp³-hybridized carbons (Fsp3) is 0.900. The first kappa shape index (κ1) is 11.9. The van der Waals surface area contributed by atoms with Crippen molar-refractivity contribution in [3.05, 3.63) is 10.1 Å². The Bertz CT molecular complexity index is 234. The van der Waals surface area contributed by atoms with E-state index in [0.29, 0.717) is 25.9 Å². The lowest BCUT2D eigenvalue weighted by Gasteiger charge is -2.22. The lowest BCUT2D eigenvalue weighted by Crippen LogP contribution is -2.27. The van der Waals surface area contributed by atoms with Crippen LogP contribution in [-0.4, -0.2) is 23.5 Å². The van der Waals surface area contributed by atoms with Crippen molar-refractivity contribution in [3.8, 4) is 0 Å². The van der Waals surface area contributed by atoms with Crippen molar-refractivity contribution < 1.29 is 14.5 Å². The molecule has 0 amide bonds. The van der Waals surface area contributed by atoms with Gasteiger partial charge in [0.1, 0.15) is 0 Å². The van der Waals surface area contributed by atoms with Crippen molar-refractivity contribution >= 4 is 5.97 Å². The highest BCUT2D eigenvalue weighted by molar-refractivity contribution is 5.69. The molecule has 1 aliphatic carbocycles. The summed E-state index contributed by atoms with van der Waals surface area (Å²) in [4.78, 5) is 21.5. The molecule has 1 fully saturated rings. The molecule has 0 aromatic heterocycles. The Morgan fingerprint density at radius 2 is 2.00 bits per heavy atom. The topological polar surface area (TPSA) is 69.4 Å². The molecule has 0 radical (unpaired) electrons. The molecule has 86 valence electrons. The third kappa shape index (κ3) is 3.85. The molecule has 5 heteroatoms. The van der Waals surface area contributed by atoms with Gasteiger partial charge in [0, 0.05) is 24.2 Å². The van der Waals surface area contributed by atoms with Gasteiger partial charge < -0.3 is 4.74 Å². The third-order valence-corrected chi connectivity index (χ3v) is 2.88. The van der Waals surface area contributed by atoms with Crippen LogP contribution in [0.15, 0.2) is 0 Å². The predicted molar refractivity (Wildman–Crippen MR) is 54.0 cm³/mol. The molecule has 0 aromatic carbocycles. The first-order valence-corrected chi connectivity index (χ1v) is 5.42. The summed E-state index contributed by atoms with van der Waals surface area (Å²) in [7, 11) is 0. The molecule has 1 rings (SSSR count). The van der Waals surface area contributed by atoms with Crippen LogP contribution in [0.3, 0.4) is 0 Å².